The van der Waals surface area contributed by atoms with Crippen LogP contribution < -0.4 is 9.47 Å². The maximum Gasteiger partial charge on any atom is 0.128 e. The number of ether oxygens (including phenoxy) is 2. The number of rotatable bonds is 6. The molecule has 0 heterocycles. The largest absolute Gasteiger partial charge is 0.490 e. The van der Waals surface area contributed by atoms with Crippen molar-refractivity contribution in [2.24, 2.45) is 5.16 Å². The molecule has 0 unspecified atom stereocenters. The number of hydrogen-bond acceptors (Lipinski definition) is 4. The highest BCUT2D eigenvalue weighted by atomic mass is 16.5. The Morgan fingerprint density at radius 3 is 2.33 bits per heavy atom. The summed E-state index contributed by atoms with van der Waals surface area (Å²) in [7, 11) is 0. The number of aryl methyl sites for hydroxylation is 1. The van der Waals surface area contributed by atoms with Crippen molar-refractivity contribution in [3.8, 4) is 11.5 Å². The van der Waals surface area contributed by atoms with Gasteiger partial charge in [-0.2, -0.15) is 0 Å². The summed E-state index contributed by atoms with van der Waals surface area (Å²) < 4.78 is 11.7. The topological polar surface area (TPSA) is 51.0 Å². The lowest BCUT2D eigenvalue weighted by molar-refractivity contribution is 0.214. The molecule has 1 N–H and O–H groups in total. The van der Waals surface area contributed by atoms with Gasteiger partial charge in [-0.25, -0.2) is 0 Å². The van der Waals surface area contributed by atoms with Crippen LogP contribution in [-0.4, -0.2) is 24.6 Å². The fraction of sp³-hybridized carbons (Fsp3) is 0.350. The Hall–Kier alpha value is -2.49. The molecule has 2 aromatic carbocycles. The van der Waals surface area contributed by atoms with E-state index in [9.17, 15) is 0 Å². The molecular weight excluding hydrogens is 302 g/mol. The Labute approximate surface area is 143 Å². The van der Waals surface area contributed by atoms with Gasteiger partial charge in [0.2, 0.25) is 0 Å². The summed E-state index contributed by atoms with van der Waals surface area (Å²) >= 11 is 0. The lowest BCUT2D eigenvalue weighted by Crippen LogP contribution is -2.16. The van der Waals surface area contributed by atoms with Crippen LogP contribution in [0, 0.1) is 6.92 Å². The molecule has 0 aliphatic heterocycles. The Balaban J connectivity index is 2.00. The summed E-state index contributed by atoms with van der Waals surface area (Å²) in [6, 6.07) is 13.7. The lowest BCUT2D eigenvalue weighted by atomic mass is 9.86. The van der Waals surface area contributed by atoms with E-state index < -0.39 is 0 Å². The maximum atomic E-state index is 8.69. The number of hydrogen-bond donors (Lipinski definition) is 1. The van der Waals surface area contributed by atoms with Gasteiger partial charge in [0.25, 0.3) is 0 Å². The molecule has 0 saturated carbocycles. The minimum Gasteiger partial charge on any atom is -0.490 e. The molecule has 4 nitrogen and oxygen atoms in total. The third kappa shape index (κ3) is 4.75. The zero-order chi connectivity index (χ0) is 17.6. The zero-order valence-corrected chi connectivity index (χ0v) is 14.7. The van der Waals surface area contributed by atoms with Crippen molar-refractivity contribution in [2.75, 3.05) is 13.2 Å². The van der Waals surface area contributed by atoms with Crippen molar-refractivity contribution in [2.45, 2.75) is 33.1 Å². The van der Waals surface area contributed by atoms with Crippen LogP contribution in [0.1, 0.15) is 37.5 Å². The van der Waals surface area contributed by atoms with Crippen molar-refractivity contribution in [1.82, 2.24) is 0 Å². The first kappa shape index (κ1) is 17.9. The average Bonchev–Trinajstić information content (AvgIpc) is 2.52. The SMILES string of the molecule is Cc1ccc(C(C)(C)C)c(OCCOc2ccccc2C=NO)c1. The molecular formula is C20H25NO3. The van der Waals surface area contributed by atoms with Gasteiger partial charge in [0.15, 0.2) is 0 Å². The van der Waals surface area contributed by atoms with Crippen LogP contribution in [0.3, 0.4) is 0 Å². The van der Waals surface area contributed by atoms with Crippen molar-refractivity contribution in [3.63, 3.8) is 0 Å². The van der Waals surface area contributed by atoms with Crippen LogP contribution in [0.2, 0.25) is 0 Å². The number of para-hydroxylation sites is 1. The van der Waals surface area contributed by atoms with Crippen LogP contribution in [0.4, 0.5) is 0 Å². The molecule has 0 saturated heterocycles. The molecule has 0 bridgehead atoms. The maximum absolute atomic E-state index is 8.69. The average molecular weight is 327 g/mol. The van der Waals surface area contributed by atoms with Crippen LogP contribution >= 0.6 is 0 Å². The Morgan fingerprint density at radius 1 is 1.00 bits per heavy atom. The molecule has 0 aliphatic carbocycles. The summed E-state index contributed by atoms with van der Waals surface area (Å²) in [5.74, 6) is 1.57. The summed E-state index contributed by atoms with van der Waals surface area (Å²) in [6.07, 6.45) is 1.36. The fourth-order valence-electron chi connectivity index (χ4n) is 2.45. The number of benzene rings is 2. The van der Waals surface area contributed by atoms with E-state index in [0.29, 0.717) is 19.0 Å². The predicted molar refractivity (Wildman–Crippen MR) is 96.7 cm³/mol. The first-order valence-electron chi connectivity index (χ1n) is 8.05. The van der Waals surface area contributed by atoms with Gasteiger partial charge in [0.1, 0.15) is 24.7 Å². The molecule has 0 atom stereocenters. The van der Waals surface area contributed by atoms with E-state index in [-0.39, 0.29) is 5.41 Å². The molecule has 4 heteroatoms. The Morgan fingerprint density at radius 2 is 1.67 bits per heavy atom. The molecule has 0 amide bonds. The number of oxime groups is 1. The summed E-state index contributed by atoms with van der Waals surface area (Å²) in [4.78, 5) is 0. The third-order valence-electron chi connectivity index (χ3n) is 3.66. The molecule has 0 aliphatic rings. The van der Waals surface area contributed by atoms with Crippen molar-refractivity contribution in [1.29, 1.82) is 0 Å². The predicted octanol–water partition coefficient (Wildman–Crippen LogP) is 4.56. The quantitative estimate of drug-likeness (QED) is 0.366. The van der Waals surface area contributed by atoms with Crippen LogP contribution in [0.25, 0.3) is 0 Å². The zero-order valence-electron chi connectivity index (χ0n) is 14.7. The van der Waals surface area contributed by atoms with Crippen molar-refractivity contribution >= 4 is 6.21 Å². The monoisotopic (exact) mass is 327 g/mol. The highest BCUT2D eigenvalue weighted by Gasteiger charge is 2.18. The first-order valence-corrected chi connectivity index (χ1v) is 8.05. The van der Waals surface area contributed by atoms with E-state index in [2.05, 4.69) is 51.0 Å². The van der Waals surface area contributed by atoms with E-state index in [1.54, 1.807) is 0 Å². The van der Waals surface area contributed by atoms with Gasteiger partial charge < -0.3 is 14.7 Å². The second-order valence-corrected chi connectivity index (χ2v) is 6.73. The second-order valence-electron chi connectivity index (χ2n) is 6.73. The molecule has 0 aromatic heterocycles. The summed E-state index contributed by atoms with van der Waals surface area (Å²) in [5, 5.41) is 11.7. The minimum absolute atomic E-state index is 0.0219. The summed E-state index contributed by atoms with van der Waals surface area (Å²) in [5.41, 5.74) is 3.10. The van der Waals surface area contributed by atoms with E-state index in [0.717, 1.165) is 11.3 Å². The summed E-state index contributed by atoms with van der Waals surface area (Å²) in [6.45, 7) is 9.42. The van der Waals surface area contributed by atoms with Gasteiger partial charge in [-0.15, -0.1) is 0 Å². The second kappa shape index (κ2) is 7.86. The van der Waals surface area contributed by atoms with Crippen LogP contribution in [0.15, 0.2) is 47.6 Å². The van der Waals surface area contributed by atoms with Gasteiger partial charge in [0, 0.05) is 5.56 Å². The third-order valence-corrected chi connectivity index (χ3v) is 3.66. The van der Waals surface area contributed by atoms with Gasteiger partial charge in [-0.1, -0.05) is 50.2 Å². The smallest absolute Gasteiger partial charge is 0.128 e. The van der Waals surface area contributed by atoms with E-state index >= 15 is 0 Å². The van der Waals surface area contributed by atoms with Gasteiger partial charge in [-0.05, 0) is 41.7 Å². The molecule has 0 fully saturated rings. The van der Waals surface area contributed by atoms with E-state index in [1.807, 2.05) is 24.3 Å². The number of nitrogens with zero attached hydrogens (tertiary/aromatic N) is 1. The molecule has 0 radical (unpaired) electrons. The molecule has 24 heavy (non-hydrogen) atoms. The highest BCUT2D eigenvalue weighted by molar-refractivity contribution is 5.82. The fourth-order valence-corrected chi connectivity index (χ4v) is 2.45. The molecule has 128 valence electrons. The van der Waals surface area contributed by atoms with Gasteiger partial charge >= 0.3 is 0 Å². The lowest BCUT2D eigenvalue weighted by Gasteiger charge is -2.23. The normalized spacial score (nSPS) is 11.7. The molecule has 0 spiro atoms. The first-order chi connectivity index (χ1) is 11.4. The van der Waals surface area contributed by atoms with Crippen molar-refractivity contribution < 1.29 is 14.7 Å². The molecule has 2 rings (SSSR count). The van der Waals surface area contributed by atoms with E-state index in [1.165, 1.54) is 17.3 Å². The van der Waals surface area contributed by atoms with Crippen molar-refractivity contribution in [3.05, 3.63) is 59.2 Å². The highest BCUT2D eigenvalue weighted by Crippen LogP contribution is 2.32. The Bertz CT molecular complexity index is 702. The molecule has 2 aromatic rings. The van der Waals surface area contributed by atoms with Crippen LogP contribution in [0.5, 0.6) is 11.5 Å². The van der Waals surface area contributed by atoms with Gasteiger partial charge in [-0.3, -0.25) is 0 Å². The van der Waals surface area contributed by atoms with E-state index in [4.69, 9.17) is 14.7 Å². The van der Waals surface area contributed by atoms with Gasteiger partial charge in [0.05, 0.1) is 6.21 Å². The minimum atomic E-state index is 0.0219. The standard InChI is InChI=1S/C20H25NO3/c1-15-9-10-17(20(2,3)4)19(13-15)24-12-11-23-18-8-6-5-7-16(18)14-21-22/h5-10,13-14,22H,11-12H2,1-4H3. The van der Waals surface area contributed by atoms with Crippen LogP contribution in [-0.2, 0) is 5.41 Å². The Kier molecular flexibility index (Phi) is 5.85.